The van der Waals surface area contributed by atoms with Gasteiger partial charge in [-0.15, -0.1) is 0 Å². The van der Waals surface area contributed by atoms with Crippen LogP contribution in [0.1, 0.15) is 33.6 Å². The van der Waals surface area contributed by atoms with Crippen LogP contribution in [0.3, 0.4) is 0 Å². The molecule has 2 unspecified atom stereocenters. The predicted octanol–water partition coefficient (Wildman–Crippen LogP) is -0.529. The molecule has 0 aromatic heterocycles. The zero-order chi connectivity index (χ0) is 15.6. The highest BCUT2D eigenvalue weighted by Gasteiger charge is 2.63. The molecule has 1 aliphatic rings. The van der Waals surface area contributed by atoms with E-state index in [2.05, 4.69) is 5.32 Å². The van der Waals surface area contributed by atoms with Crippen LogP contribution in [0.15, 0.2) is 0 Å². The zero-order valence-electron chi connectivity index (χ0n) is 12.2. The molecule has 0 heterocycles. The third kappa shape index (κ3) is 2.79. The maximum absolute atomic E-state index is 12.3. The number of ether oxygens (including phenoxy) is 1. The molecule has 1 rings (SSSR count). The van der Waals surface area contributed by atoms with Crippen molar-refractivity contribution in [2.45, 2.75) is 51.3 Å². The Bertz CT molecular complexity index is 385. The van der Waals surface area contributed by atoms with Gasteiger partial charge in [-0.2, -0.15) is 0 Å². The molecule has 0 aromatic rings. The highest BCUT2D eigenvalue weighted by atomic mass is 16.5. The number of aliphatic carboxylic acids is 1. The van der Waals surface area contributed by atoms with E-state index in [1.807, 2.05) is 20.8 Å². The summed E-state index contributed by atoms with van der Waals surface area (Å²) in [6, 6.07) is -1.13. The van der Waals surface area contributed by atoms with E-state index in [9.17, 15) is 9.59 Å². The average Bonchev–Trinajstić information content (AvgIpc) is 2.37. The van der Waals surface area contributed by atoms with Gasteiger partial charge in [0.15, 0.2) is 0 Å². The predicted molar refractivity (Wildman–Crippen MR) is 72.0 cm³/mol. The summed E-state index contributed by atoms with van der Waals surface area (Å²) in [6.45, 7) is 5.75. The molecule has 1 saturated carbocycles. The van der Waals surface area contributed by atoms with E-state index in [0.717, 1.165) is 0 Å². The van der Waals surface area contributed by atoms with Crippen molar-refractivity contribution in [2.24, 2.45) is 11.1 Å². The number of nitrogens with one attached hydrogen (secondary N) is 1. The van der Waals surface area contributed by atoms with Crippen LogP contribution in [0.25, 0.3) is 0 Å². The van der Waals surface area contributed by atoms with Crippen molar-refractivity contribution in [3.8, 4) is 0 Å². The van der Waals surface area contributed by atoms with Crippen LogP contribution < -0.4 is 11.1 Å². The summed E-state index contributed by atoms with van der Waals surface area (Å²) in [4.78, 5) is 23.3. The third-order valence-electron chi connectivity index (χ3n) is 4.26. The maximum Gasteiger partial charge on any atom is 0.326 e. The number of carbonyl (C=O) groups is 2. The van der Waals surface area contributed by atoms with Crippen LogP contribution in [0.2, 0.25) is 0 Å². The van der Waals surface area contributed by atoms with Gasteiger partial charge in [0.25, 0.3) is 0 Å². The van der Waals surface area contributed by atoms with Crippen molar-refractivity contribution in [1.82, 2.24) is 5.32 Å². The lowest BCUT2D eigenvalue weighted by Gasteiger charge is -2.57. The van der Waals surface area contributed by atoms with Crippen LogP contribution in [0.5, 0.6) is 0 Å². The molecule has 0 bridgehead atoms. The van der Waals surface area contributed by atoms with Gasteiger partial charge in [-0.3, -0.25) is 4.79 Å². The van der Waals surface area contributed by atoms with Crippen LogP contribution in [0.4, 0.5) is 0 Å². The number of hydrogen-bond acceptors (Lipinski definition) is 5. The van der Waals surface area contributed by atoms with Gasteiger partial charge in [-0.25, -0.2) is 4.79 Å². The van der Waals surface area contributed by atoms with Crippen LogP contribution in [0, 0.1) is 5.41 Å². The SMILES string of the molecule is CCOC1CC(N)(C(=O)N[C@H](CCO)C(=O)O)C1(C)C. The Morgan fingerprint density at radius 1 is 1.50 bits per heavy atom. The maximum atomic E-state index is 12.3. The van der Waals surface area contributed by atoms with E-state index < -0.39 is 28.9 Å². The Morgan fingerprint density at radius 2 is 2.10 bits per heavy atom. The van der Waals surface area contributed by atoms with Crippen molar-refractivity contribution < 1.29 is 24.5 Å². The van der Waals surface area contributed by atoms with E-state index in [1.165, 1.54) is 0 Å². The Hall–Kier alpha value is -1.18. The number of carboxylic acids is 1. The number of aliphatic hydroxyl groups is 1. The zero-order valence-corrected chi connectivity index (χ0v) is 12.2. The fourth-order valence-electron chi connectivity index (χ4n) is 2.49. The molecule has 3 atom stereocenters. The Balaban J connectivity index is 2.75. The first-order valence-electron chi connectivity index (χ1n) is 6.75. The summed E-state index contributed by atoms with van der Waals surface area (Å²) in [6.07, 6.45) is 0.182. The van der Waals surface area contributed by atoms with Gasteiger partial charge in [0.05, 0.1) is 6.10 Å². The summed E-state index contributed by atoms with van der Waals surface area (Å²) in [5, 5.41) is 20.2. The first-order chi connectivity index (χ1) is 9.20. The van der Waals surface area contributed by atoms with Gasteiger partial charge in [-0.05, 0) is 6.92 Å². The standard InChI is InChI=1S/C13H24N2O5/c1-4-20-9-7-13(14,12(9,2)3)11(19)15-8(5-6-16)10(17)18/h8-9,16H,4-7,14H2,1-3H3,(H,15,19)(H,17,18)/t8-,9?,13?/m1/s1. The second kappa shape index (κ2) is 6.07. The lowest BCUT2D eigenvalue weighted by Crippen LogP contribution is -2.76. The molecule has 1 aliphatic carbocycles. The molecular formula is C13H24N2O5. The van der Waals surface area contributed by atoms with Gasteiger partial charge in [-0.1, -0.05) is 13.8 Å². The molecule has 0 spiro atoms. The minimum Gasteiger partial charge on any atom is -0.480 e. The molecule has 7 nitrogen and oxygen atoms in total. The van der Waals surface area contributed by atoms with Gasteiger partial charge >= 0.3 is 5.97 Å². The Kier molecular flexibility index (Phi) is 5.12. The summed E-state index contributed by atoms with van der Waals surface area (Å²) in [5.41, 5.74) is 4.41. The molecule has 0 radical (unpaired) electrons. The molecule has 0 aromatic carbocycles. The normalized spacial score (nSPS) is 29.4. The number of rotatable bonds is 7. The molecule has 20 heavy (non-hydrogen) atoms. The van der Waals surface area contributed by atoms with Gasteiger partial charge in [0.2, 0.25) is 5.91 Å². The van der Waals surface area contributed by atoms with Crippen LogP contribution in [-0.2, 0) is 14.3 Å². The van der Waals surface area contributed by atoms with Crippen molar-refractivity contribution in [2.75, 3.05) is 13.2 Å². The smallest absolute Gasteiger partial charge is 0.326 e. The molecule has 7 heteroatoms. The van der Waals surface area contributed by atoms with Gasteiger partial charge in [0.1, 0.15) is 11.6 Å². The number of hydrogen-bond donors (Lipinski definition) is 4. The first-order valence-corrected chi connectivity index (χ1v) is 6.75. The van der Waals surface area contributed by atoms with Crippen molar-refractivity contribution >= 4 is 11.9 Å². The topological polar surface area (TPSA) is 122 Å². The van der Waals surface area contributed by atoms with E-state index in [-0.39, 0.29) is 19.1 Å². The summed E-state index contributed by atoms with van der Waals surface area (Å²) < 4.78 is 5.52. The van der Waals surface area contributed by atoms with Crippen LogP contribution >= 0.6 is 0 Å². The molecular weight excluding hydrogens is 264 g/mol. The lowest BCUT2D eigenvalue weighted by molar-refractivity contribution is -0.172. The fraction of sp³-hybridized carbons (Fsp3) is 0.846. The molecule has 1 fully saturated rings. The molecule has 116 valence electrons. The Labute approximate surface area is 118 Å². The van der Waals surface area contributed by atoms with E-state index in [1.54, 1.807) is 0 Å². The highest BCUT2D eigenvalue weighted by Crippen LogP contribution is 2.49. The second-order valence-corrected chi connectivity index (χ2v) is 5.72. The summed E-state index contributed by atoms with van der Waals surface area (Å²) >= 11 is 0. The minimum atomic E-state index is -1.19. The molecule has 1 amide bonds. The van der Waals surface area contributed by atoms with Crippen molar-refractivity contribution in [1.29, 1.82) is 0 Å². The third-order valence-corrected chi connectivity index (χ3v) is 4.26. The number of aliphatic hydroxyl groups excluding tert-OH is 1. The second-order valence-electron chi connectivity index (χ2n) is 5.72. The molecule has 0 aliphatic heterocycles. The number of carboxylic acid groups (broad SMARTS) is 1. The number of nitrogens with two attached hydrogens (primary N) is 1. The average molecular weight is 288 g/mol. The first kappa shape index (κ1) is 16.9. The fourth-order valence-corrected chi connectivity index (χ4v) is 2.49. The van der Waals surface area contributed by atoms with E-state index in [0.29, 0.717) is 13.0 Å². The van der Waals surface area contributed by atoms with Gasteiger partial charge in [0, 0.05) is 31.5 Å². The largest absolute Gasteiger partial charge is 0.480 e. The van der Waals surface area contributed by atoms with E-state index in [4.69, 9.17) is 20.7 Å². The highest BCUT2D eigenvalue weighted by molar-refractivity contribution is 5.92. The Morgan fingerprint density at radius 3 is 2.50 bits per heavy atom. The van der Waals surface area contributed by atoms with Crippen molar-refractivity contribution in [3.63, 3.8) is 0 Å². The van der Waals surface area contributed by atoms with Crippen LogP contribution in [-0.4, -0.2) is 53.0 Å². The van der Waals surface area contributed by atoms with Crippen molar-refractivity contribution in [3.05, 3.63) is 0 Å². The van der Waals surface area contributed by atoms with E-state index >= 15 is 0 Å². The molecule has 5 N–H and O–H groups in total. The summed E-state index contributed by atoms with van der Waals surface area (Å²) in [7, 11) is 0. The molecule has 0 saturated heterocycles. The lowest BCUT2D eigenvalue weighted by atomic mass is 9.54. The number of amides is 1. The van der Waals surface area contributed by atoms with Gasteiger partial charge < -0.3 is 26.0 Å². The minimum absolute atomic E-state index is 0.0491. The monoisotopic (exact) mass is 288 g/mol. The summed E-state index contributed by atoms with van der Waals surface area (Å²) in [5.74, 6) is -1.70. The quantitative estimate of drug-likeness (QED) is 0.499. The number of carbonyl (C=O) groups excluding carboxylic acids is 1.